The van der Waals surface area contributed by atoms with Crippen molar-refractivity contribution in [3.05, 3.63) is 61.8 Å². The third-order valence-corrected chi connectivity index (χ3v) is 3.05. The molecular formula is C25H42HfO3. The number of hydrogen-bond donors (Lipinski definition) is 0. The summed E-state index contributed by atoms with van der Waals surface area (Å²) in [7, 11) is 0. The molecule has 0 saturated carbocycles. The maximum Gasteiger partial charge on any atom is 4.00 e. The van der Waals surface area contributed by atoms with Gasteiger partial charge in [-0.25, -0.2) is 11.6 Å². The van der Waals surface area contributed by atoms with Crippen LogP contribution in [-0.4, -0.2) is 16.8 Å². The maximum absolute atomic E-state index is 10.6. The fourth-order valence-electron chi connectivity index (χ4n) is 1.74. The van der Waals surface area contributed by atoms with Crippen LogP contribution in [0.5, 0.6) is 0 Å². The molecule has 164 valence electrons. The molecule has 0 atom stereocenters. The second kappa shape index (κ2) is 19.4. The predicted octanol–water partition coefficient (Wildman–Crippen LogP) is 4.19. The largest absolute Gasteiger partial charge is 4.00 e. The van der Waals surface area contributed by atoms with Gasteiger partial charge in [0.2, 0.25) is 0 Å². The van der Waals surface area contributed by atoms with E-state index in [4.69, 9.17) is 0 Å². The van der Waals surface area contributed by atoms with Gasteiger partial charge in [-0.2, -0.15) is 6.08 Å². The fraction of sp³-hybridized carbons (Fsp3) is 0.600. The van der Waals surface area contributed by atoms with Gasteiger partial charge in [0.25, 0.3) is 0 Å². The van der Waals surface area contributed by atoms with E-state index in [9.17, 15) is 15.3 Å². The molecule has 1 aliphatic rings. The Balaban J connectivity index is -0.000000142. The van der Waals surface area contributed by atoms with Crippen LogP contribution in [0.15, 0.2) is 55.7 Å². The van der Waals surface area contributed by atoms with Crippen molar-refractivity contribution in [2.75, 3.05) is 0 Å². The quantitative estimate of drug-likeness (QED) is 0.263. The molecule has 0 N–H and O–H groups in total. The van der Waals surface area contributed by atoms with E-state index < -0.39 is 16.8 Å². The van der Waals surface area contributed by atoms with Crippen molar-refractivity contribution in [1.82, 2.24) is 0 Å². The van der Waals surface area contributed by atoms with Crippen LogP contribution in [0, 0.1) is 6.08 Å². The molecule has 0 aromatic heterocycles. The van der Waals surface area contributed by atoms with Crippen molar-refractivity contribution in [1.29, 1.82) is 0 Å². The molecule has 0 aromatic carbocycles. The Morgan fingerprint density at radius 1 is 0.828 bits per heavy atom. The Morgan fingerprint density at radius 3 is 1.21 bits per heavy atom. The molecule has 0 amide bonds. The molecule has 0 bridgehead atoms. The van der Waals surface area contributed by atoms with E-state index >= 15 is 0 Å². The first kappa shape index (κ1) is 35.9. The maximum atomic E-state index is 10.6. The molecule has 0 aromatic rings. The van der Waals surface area contributed by atoms with Gasteiger partial charge in [-0.3, -0.25) is 6.08 Å². The summed E-state index contributed by atoms with van der Waals surface area (Å²) in [4.78, 5) is 0. The van der Waals surface area contributed by atoms with Crippen LogP contribution in [0.4, 0.5) is 0 Å². The number of hydrogen-bond acceptors (Lipinski definition) is 3. The minimum atomic E-state index is -0.818. The van der Waals surface area contributed by atoms with Crippen molar-refractivity contribution >= 4 is 0 Å². The standard InChI is InChI=1S/C7H9.3C6H11O.Hf/c1-2-7-5-3-4-6-7;3*1-4-5-6(2,3)7;/h3,5H,2,4H2,1H3;3*4H,1,5H2,2-3H3;/q4*-1;+4. The average Bonchev–Trinajstić information content (AvgIpc) is 2.98. The first-order valence-corrected chi connectivity index (χ1v) is 9.82. The Labute approximate surface area is 199 Å². The first-order valence-electron chi connectivity index (χ1n) is 9.82. The third kappa shape index (κ3) is 42.5. The number of allylic oxidation sites excluding steroid dienone is 4. The van der Waals surface area contributed by atoms with Gasteiger partial charge in [0.05, 0.1) is 0 Å². The second-order valence-corrected chi connectivity index (χ2v) is 8.42. The molecule has 0 spiro atoms. The van der Waals surface area contributed by atoms with Gasteiger partial charge in [-0.1, -0.05) is 73.1 Å². The van der Waals surface area contributed by atoms with Crippen LogP contribution in [0.1, 0.15) is 80.6 Å². The molecule has 0 aliphatic heterocycles. The van der Waals surface area contributed by atoms with Crippen molar-refractivity contribution in [2.45, 2.75) is 97.4 Å². The van der Waals surface area contributed by atoms with E-state index in [0.29, 0.717) is 19.3 Å². The van der Waals surface area contributed by atoms with Gasteiger partial charge in [0.1, 0.15) is 0 Å². The zero-order valence-electron chi connectivity index (χ0n) is 19.8. The molecule has 1 rings (SSSR count). The molecule has 3 nitrogen and oxygen atoms in total. The zero-order valence-corrected chi connectivity index (χ0v) is 23.4. The molecule has 4 heteroatoms. The van der Waals surface area contributed by atoms with E-state index in [-0.39, 0.29) is 25.8 Å². The summed E-state index contributed by atoms with van der Waals surface area (Å²) in [5.41, 5.74) is -1.09. The topological polar surface area (TPSA) is 69.2 Å². The van der Waals surface area contributed by atoms with E-state index in [0.717, 1.165) is 12.8 Å². The molecule has 0 unspecified atom stereocenters. The van der Waals surface area contributed by atoms with Crippen molar-refractivity contribution in [3.8, 4) is 0 Å². The SMILES string of the molecule is C=CCC(C)(C)[O-].C=CCC(C)(C)[O-].C=CCC(C)(C)[O-].CCC1=[C-]CC=C1.[Hf+4]. The van der Waals surface area contributed by atoms with Crippen molar-refractivity contribution in [2.24, 2.45) is 0 Å². The minimum Gasteiger partial charge on any atom is -0.850 e. The molecule has 1 aliphatic carbocycles. The Bertz CT molecular complexity index is 422. The fourth-order valence-corrected chi connectivity index (χ4v) is 1.74. The third-order valence-electron chi connectivity index (χ3n) is 3.05. The molecule has 0 saturated heterocycles. The van der Waals surface area contributed by atoms with Gasteiger partial charge in [-0.15, -0.1) is 43.0 Å². The molecule has 0 fully saturated rings. The molecule has 0 heterocycles. The summed E-state index contributed by atoms with van der Waals surface area (Å²) in [5.74, 6) is 0. The average molecular weight is 569 g/mol. The Hall–Kier alpha value is -0.550. The summed E-state index contributed by atoms with van der Waals surface area (Å²) in [6, 6.07) is 0. The van der Waals surface area contributed by atoms with Gasteiger partial charge in [0, 0.05) is 0 Å². The Morgan fingerprint density at radius 2 is 1.14 bits per heavy atom. The zero-order chi connectivity index (χ0) is 22.9. The second-order valence-electron chi connectivity index (χ2n) is 8.42. The van der Waals surface area contributed by atoms with Crippen LogP contribution in [0.3, 0.4) is 0 Å². The summed E-state index contributed by atoms with van der Waals surface area (Å²) in [6.07, 6.45) is 16.2. The van der Waals surface area contributed by atoms with Crippen LogP contribution in [0.25, 0.3) is 0 Å². The molecular weight excluding hydrogens is 527 g/mol. The van der Waals surface area contributed by atoms with Crippen molar-refractivity contribution in [3.63, 3.8) is 0 Å². The summed E-state index contributed by atoms with van der Waals surface area (Å²) >= 11 is 0. The van der Waals surface area contributed by atoms with Gasteiger partial charge >= 0.3 is 25.8 Å². The van der Waals surface area contributed by atoms with Gasteiger partial charge < -0.3 is 15.3 Å². The normalized spacial score (nSPS) is 12.4. The van der Waals surface area contributed by atoms with E-state index in [1.807, 2.05) is 0 Å². The van der Waals surface area contributed by atoms with E-state index in [2.05, 4.69) is 44.9 Å². The Kier molecular flexibility index (Phi) is 24.0. The van der Waals surface area contributed by atoms with E-state index in [1.54, 1.807) is 59.8 Å². The molecule has 0 radical (unpaired) electrons. The minimum absolute atomic E-state index is 0. The number of rotatable bonds is 7. The van der Waals surface area contributed by atoms with Crippen LogP contribution < -0.4 is 15.3 Å². The smallest absolute Gasteiger partial charge is 0.850 e. The van der Waals surface area contributed by atoms with E-state index in [1.165, 1.54) is 5.57 Å². The summed E-state index contributed by atoms with van der Waals surface area (Å²) < 4.78 is 0. The first-order chi connectivity index (χ1) is 12.6. The van der Waals surface area contributed by atoms with Gasteiger partial charge in [-0.05, 0) is 19.3 Å². The van der Waals surface area contributed by atoms with Crippen molar-refractivity contribution < 1.29 is 41.2 Å². The van der Waals surface area contributed by atoms with Crippen LogP contribution in [0.2, 0.25) is 0 Å². The monoisotopic (exact) mass is 570 g/mol. The molecule has 29 heavy (non-hydrogen) atoms. The van der Waals surface area contributed by atoms with Gasteiger partial charge in [0.15, 0.2) is 0 Å². The summed E-state index contributed by atoms with van der Waals surface area (Å²) in [5, 5.41) is 31.9. The predicted molar refractivity (Wildman–Crippen MR) is 117 cm³/mol. The van der Waals surface area contributed by atoms with Crippen LogP contribution in [-0.2, 0) is 25.8 Å². The summed E-state index contributed by atoms with van der Waals surface area (Å²) in [6.45, 7) is 22.4. The van der Waals surface area contributed by atoms with Crippen LogP contribution >= 0.6 is 0 Å².